The molecule has 1 N–H and O–H groups in total. The molecule has 7 nitrogen and oxygen atoms in total. The van der Waals surface area contributed by atoms with Gasteiger partial charge in [-0.25, -0.2) is 4.79 Å². The summed E-state index contributed by atoms with van der Waals surface area (Å²) >= 11 is 0. The highest BCUT2D eigenvalue weighted by atomic mass is 16.6. The molecule has 0 radical (unpaired) electrons. The Bertz CT molecular complexity index is 327. The lowest BCUT2D eigenvalue weighted by molar-refractivity contribution is -0.175. The van der Waals surface area contributed by atoms with E-state index in [9.17, 15) is 19.2 Å². The van der Waals surface area contributed by atoms with Crippen LogP contribution in [0.2, 0.25) is 0 Å². The van der Waals surface area contributed by atoms with Crippen LogP contribution in [0.25, 0.3) is 0 Å². The van der Waals surface area contributed by atoms with Crippen molar-refractivity contribution < 1.29 is 33.8 Å². The molecule has 15 heavy (non-hydrogen) atoms. The van der Waals surface area contributed by atoms with E-state index >= 15 is 0 Å². The molecule has 1 fully saturated rings. The second-order valence-corrected chi connectivity index (χ2v) is 3.10. The van der Waals surface area contributed by atoms with Gasteiger partial charge in [-0.1, -0.05) is 0 Å². The third kappa shape index (κ3) is 2.30. The van der Waals surface area contributed by atoms with Crippen molar-refractivity contribution in [1.29, 1.82) is 0 Å². The summed E-state index contributed by atoms with van der Waals surface area (Å²) in [6.45, 7) is 1.01. The number of ether oxygens (including phenoxy) is 2. The summed E-state index contributed by atoms with van der Waals surface area (Å²) in [6.07, 6.45) is -1.34. The monoisotopic (exact) mass is 216 g/mol. The molecule has 82 valence electrons. The van der Waals surface area contributed by atoms with Gasteiger partial charge in [0, 0.05) is 6.92 Å². The fourth-order valence-corrected chi connectivity index (χ4v) is 1.31. The van der Waals surface area contributed by atoms with Gasteiger partial charge in [-0.2, -0.15) is 0 Å². The van der Waals surface area contributed by atoms with E-state index in [0.717, 1.165) is 6.92 Å². The van der Waals surface area contributed by atoms with E-state index in [2.05, 4.69) is 9.47 Å². The molecule has 0 aromatic heterocycles. The number of esters is 3. The zero-order chi connectivity index (χ0) is 11.6. The van der Waals surface area contributed by atoms with Gasteiger partial charge in [0.05, 0.1) is 12.8 Å². The lowest BCUT2D eigenvalue weighted by atomic mass is 9.97. The SMILES string of the molecule is CC(=O)O[C@]1(CC(=O)O)CC(=O)OC1=O. The van der Waals surface area contributed by atoms with Crippen LogP contribution < -0.4 is 0 Å². The topological polar surface area (TPSA) is 107 Å². The zero-order valence-electron chi connectivity index (χ0n) is 7.81. The second kappa shape index (κ2) is 3.68. The minimum Gasteiger partial charge on any atom is -0.481 e. The number of hydrogen-bond donors (Lipinski definition) is 1. The van der Waals surface area contributed by atoms with Crippen molar-refractivity contribution in [3.63, 3.8) is 0 Å². The van der Waals surface area contributed by atoms with Crippen LogP contribution in [0.4, 0.5) is 0 Å². The third-order valence-corrected chi connectivity index (χ3v) is 1.78. The first kappa shape index (κ1) is 11.2. The van der Waals surface area contributed by atoms with Gasteiger partial charge in [0.1, 0.15) is 0 Å². The summed E-state index contributed by atoms with van der Waals surface area (Å²) in [7, 11) is 0. The second-order valence-electron chi connectivity index (χ2n) is 3.10. The van der Waals surface area contributed by atoms with Crippen molar-refractivity contribution in [3.8, 4) is 0 Å². The number of carboxylic acid groups (broad SMARTS) is 1. The summed E-state index contributed by atoms with van der Waals surface area (Å²) in [5.41, 5.74) is -1.99. The largest absolute Gasteiger partial charge is 0.481 e. The lowest BCUT2D eigenvalue weighted by Gasteiger charge is -2.20. The Morgan fingerprint density at radius 1 is 1.53 bits per heavy atom. The highest BCUT2D eigenvalue weighted by Crippen LogP contribution is 2.29. The van der Waals surface area contributed by atoms with Crippen molar-refractivity contribution >= 4 is 23.9 Å². The highest BCUT2D eigenvalue weighted by Gasteiger charge is 2.54. The Kier molecular flexibility index (Phi) is 2.74. The van der Waals surface area contributed by atoms with Crippen molar-refractivity contribution in [3.05, 3.63) is 0 Å². The third-order valence-electron chi connectivity index (χ3n) is 1.78. The first-order chi connectivity index (χ1) is 6.85. The maximum absolute atomic E-state index is 11.2. The Morgan fingerprint density at radius 3 is 2.47 bits per heavy atom. The summed E-state index contributed by atoms with van der Waals surface area (Å²) in [5, 5.41) is 8.55. The van der Waals surface area contributed by atoms with Gasteiger partial charge in [-0.15, -0.1) is 0 Å². The van der Waals surface area contributed by atoms with E-state index in [0.29, 0.717) is 0 Å². The molecule has 0 aliphatic carbocycles. The molecule has 0 amide bonds. The number of aliphatic carboxylic acids is 1. The van der Waals surface area contributed by atoms with Gasteiger partial charge in [0.25, 0.3) is 0 Å². The molecule has 0 bridgehead atoms. The molecule has 1 saturated heterocycles. The summed E-state index contributed by atoms with van der Waals surface area (Å²) < 4.78 is 8.74. The van der Waals surface area contributed by atoms with Crippen molar-refractivity contribution in [2.24, 2.45) is 0 Å². The predicted molar refractivity (Wildman–Crippen MR) is 42.5 cm³/mol. The van der Waals surface area contributed by atoms with E-state index < -0.39 is 42.3 Å². The summed E-state index contributed by atoms with van der Waals surface area (Å²) in [4.78, 5) is 43.2. The van der Waals surface area contributed by atoms with E-state index in [1.54, 1.807) is 0 Å². The van der Waals surface area contributed by atoms with Crippen LogP contribution in [0, 0.1) is 0 Å². The molecule has 1 aliphatic rings. The van der Waals surface area contributed by atoms with Gasteiger partial charge < -0.3 is 14.6 Å². The first-order valence-electron chi connectivity index (χ1n) is 4.02. The van der Waals surface area contributed by atoms with Crippen LogP contribution in [0.1, 0.15) is 19.8 Å². The zero-order valence-corrected chi connectivity index (χ0v) is 7.81. The normalized spacial score (nSPS) is 24.9. The van der Waals surface area contributed by atoms with E-state index in [-0.39, 0.29) is 0 Å². The number of carbonyl (C=O) groups excluding carboxylic acids is 3. The van der Waals surface area contributed by atoms with Crippen molar-refractivity contribution in [1.82, 2.24) is 0 Å². The van der Waals surface area contributed by atoms with Crippen molar-refractivity contribution in [2.75, 3.05) is 0 Å². The number of hydrogen-bond acceptors (Lipinski definition) is 6. The molecular weight excluding hydrogens is 208 g/mol. The van der Waals surface area contributed by atoms with E-state index in [1.807, 2.05) is 0 Å². The molecule has 0 saturated carbocycles. The fourth-order valence-electron chi connectivity index (χ4n) is 1.31. The molecule has 1 aliphatic heterocycles. The van der Waals surface area contributed by atoms with Gasteiger partial charge in [0.2, 0.25) is 5.60 Å². The van der Waals surface area contributed by atoms with Gasteiger partial charge >= 0.3 is 23.9 Å². The molecule has 1 rings (SSSR count). The highest BCUT2D eigenvalue weighted by molar-refractivity contribution is 6.02. The van der Waals surface area contributed by atoms with Gasteiger partial charge in [-0.3, -0.25) is 14.4 Å². The smallest absolute Gasteiger partial charge is 0.359 e. The predicted octanol–water partition coefficient (Wildman–Crippen LogP) is -0.764. The Balaban J connectivity index is 2.95. The number of rotatable bonds is 3. The van der Waals surface area contributed by atoms with E-state index in [4.69, 9.17) is 5.11 Å². The molecule has 1 heterocycles. The van der Waals surface area contributed by atoms with Crippen LogP contribution >= 0.6 is 0 Å². The van der Waals surface area contributed by atoms with Crippen LogP contribution in [0.15, 0.2) is 0 Å². The Morgan fingerprint density at radius 2 is 2.13 bits per heavy atom. The number of carboxylic acids is 1. The molecule has 0 unspecified atom stereocenters. The lowest BCUT2D eigenvalue weighted by Crippen LogP contribution is -2.41. The number of cyclic esters (lactones) is 2. The molecule has 0 spiro atoms. The van der Waals surface area contributed by atoms with Crippen LogP contribution in [0.5, 0.6) is 0 Å². The average molecular weight is 216 g/mol. The van der Waals surface area contributed by atoms with Gasteiger partial charge in [0.15, 0.2) is 0 Å². The van der Waals surface area contributed by atoms with Crippen LogP contribution in [-0.2, 0) is 28.7 Å². The van der Waals surface area contributed by atoms with Crippen LogP contribution in [0.3, 0.4) is 0 Å². The fraction of sp³-hybridized carbons (Fsp3) is 0.500. The Hall–Kier alpha value is -1.92. The molecule has 0 aromatic rings. The maximum Gasteiger partial charge on any atom is 0.359 e. The van der Waals surface area contributed by atoms with Crippen molar-refractivity contribution in [2.45, 2.75) is 25.4 Å². The van der Waals surface area contributed by atoms with Gasteiger partial charge in [-0.05, 0) is 0 Å². The summed E-state index contributed by atoms with van der Waals surface area (Å²) in [6, 6.07) is 0. The first-order valence-corrected chi connectivity index (χ1v) is 4.02. The van der Waals surface area contributed by atoms with E-state index in [1.165, 1.54) is 0 Å². The number of carbonyl (C=O) groups is 4. The quantitative estimate of drug-likeness (QED) is 0.487. The summed E-state index contributed by atoms with van der Waals surface area (Å²) in [5.74, 6) is -4.24. The van der Waals surface area contributed by atoms with Crippen LogP contribution in [-0.4, -0.2) is 34.6 Å². The molecule has 0 aromatic carbocycles. The maximum atomic E-state index is 11.2. The Labute approximate surface area is 84.0 Å². The minimum atomic E-state index is -1.99. The molecule has 7 heteroatoms. The molecular formula is C8H8O7. The minimum absolute atomic E-state index is 0.558. The standard InChI is InChI=1S/C8H8O7/c1-4(9)15-8(2-5(10)11)3-6(12)14-7(8)13/h2-3H2,1H3,(H,10,11)/t8-/m1/s1. The average Bonchev–Trinajstić information content (AvgIpc) is 2.22. The molecule has 1 atom stereocenters.